The number of halogens is 1. The number of rotatable bonds is 2. The highest BCUT2D eigenvalue weighted by Crippen LogP contribution is 2.30. The van der Waals surface area contributed by atoms with Crippen molar-refractivity contribution in [1.29, 1.82) is 0 Å². The molecule has 0 radical (unpaired) electrons. The zero-order valence-electron chi connectivity index (χ0n) is 11.3. The van der Waals surface area contributed by atoms with E-state index in [9.17, 15) is 9.18 Å². The van der Waals surface area contributed by atoms with Gasteiger partial charge in [-0.2, -0.15) is 0 Å². The molecule has 2 aromatic carbocycles. The van der Waals surface area contributed by atoms with Gasteiger partial charge in [0, 0.05) is 11.7 Å². The molecule has 1 aliphatic rings. The van der Waals surface area contributed by atoms with Gasteiger partial charge in [0.25, 0.3) is 0 Å². The Hall–Kier alpha value is -2.40. The lowest BCUT2D eigenvalue weighted by Gasteiger charge is -2.19. The molecule has 4 N–H and O–H groups in total. The number of benzene rings is 2. The van der Waals surface area contributed by atoms with Crippen molar-refractivity contribution >= 4 is 11.7 Å². The number of hydrogen-bond acceptors (Lipinski definition) is 2. The minimum absolute atomic E-state index is 0.138. The van der Waals surface area contributed by atoms with Crippen molar-refractivity contribution in [2.24, 2.45) is 5.73 Å². The van der Waals surface area contributed by atoms with E-state index < -0.39 is 0 Å². The van der Waals surface area contributed by atoms with Crippen LogP contribution >= 0.6 is 0 Å². The second kappa shape index (κ2) is 5.54. The van der Waals surface area contributed by atoms with Crippen LogP contribution in [-0.2, 0) is 6.42 Å². The molecule has 0 aliphatic heterocycles. The molecular weight excluding hydrogens is 269 g/mol. The zero-order chi connectivity index (χ0) is 14.8. The summed E-state index contributed by atoms with van der Waals surface area (Å²) >= 11 is 0. The Morgan fingerprint density at radius 2 is 1.86 bits per heavy atom. The highest BCUT2D eigenvalue weighted by Gasteiger charge is 2.30. The number of nitrogens with one attached hydrogen (secondary N) is 2. The van der Waals surface area contributed by atoms with E-state index in [1.807, 2.05) is 24.3 Å². The van der Waals surface area contributed by atoms with E-state index in [1.165, 1.54) is 24.3 Å². The molecule has 3 rings (SSSR count). The van der Waals surface area contributed by atoms with Crippen LogP contribution in [0, 0.1) is 5.82 Å². The van der Waals surface area contributed by atoms with E-state index >= 15 is 0 Å². The molecule has 21 heavy (non-hydrogen) atoms. The molecule has 0 heterocycles. The standard InChI is InChI=1S/C16H16FN3O/c17-11-5-7-12(8-6-11)19-16(21)20-15-13-4-2-1-3-10(13)9-14(15)18/h1-8,14-15H,9,18H2,(H2,19,20,21). The normalized spacial score (nSPS) is 19.9. The largest absolute Gasteiger partial charge is 0.329 e. The average molecular weight is 285 g/mol. The van der Waals surface area contributed by atoms with Crippen LogP contribution in [-0.4, -0.2) is 12.1 Å². The minimum atomic E-state index is -0.348. The van der Waals surface area contributed by atoms with Crippen molar-refractivity contribution in [3.63, 3.8) is 0 Å². The fourth-order valence-electron chi connectivity index (χ4n) is 2.65. The lowest BCUT2D eigenvalue weighted by molar-refractivity contribution is 0.247. The van der Waals surface area contributed by atoms with E-state index in [1.54, 1.807) is 0 Å². The molecule has 0 aromatic heterocycles. The van der Waals surface area contributed by atoms with Gasteiger partial charge in [-0.25, -0.2) is 9.18 Å². The van der Waals surface area contributed by atoms with Crippen LogP contribution in [0.3, 0.4) is 0 Å². The highest BCUT2D eigenvalue weighted by molar-refractivity contribution is 5.89. The number of urea groups is 1. The number of anilines is 1. The van der Waals surface area contributed by atoms with E-state index in [0.717, 1.165) is 17.5 Å². The van der Waals surface area contributed by atoms with Gasteiger partial charge in [-0.3, -0.25) is 0 Å². The summed E-state index contributed by atoms with van der Waals surface area (Å²) in [5.41, 5.74) is 8.85. The van der Waals surface area contributed by atoms with Gasteiger partial charge >= 0.3 is 6.03 Å². The molecule has 108 valence electrons. The van der Waals surface area contributed by atoms with Crippen molar-refractivity contribution in [3.8, 4) is 0 Å². The van der Waals surface area contributed by atoms with Gasteiger partial charge < -0.3 is 16.4 Å². The third-order valence-corrected chi connectivity index (χ3v) is 3.66. The summed E-state index contributed by atoms with van der Waals surface area (Å²) in [7, 11) is 0. The first-order valence-electron chi connectivity index (χ1n) is 6.80. The van der Waals surface area contributed by atoms with E-state index in [0.29, 0.717) is 5.69 Å². The monoisotopic (exact) mass is 285 g/mol. The summed E-state index contributed by atoms with van der Waals surface area (Å²) in [4.78, 5) is 12.0. The second-order valence-electron chi connectivity index (χ2n) is 5.15. The maximum Gasteiger partial charge on any atom is 0.319 e. The molecule has 0 fully saturated rings. The Labute approximate surface area is 122 Å². The first-order chi connectivity index (χ1) is 10.1. The van der Waals surface area contributed by atoms with E-state index in [-0.39, 0.29) is 23.9 Å². The molecule has 2 atom stereocenters. The molecule has 4 nitrogen and oxygen atoms in total. The zero-order valence-corrected chi connectivity index (χ0v) is 11.3. The van der Waals surface area contributed by atoms with Crippen molar-refractivity contribution in [3.05, 3.63) is 65.5 Å². The molecule has 1 aliphatic carbocycles. The predicted molar refractivity (Wildman–Crippen MR) is 79.4 cm³/mol. The number of fused-ring (bicyclic) bond motifs is 1. The number of carbonyl (C=O) groups is 1. The van der Waals surface area contributed by atoms with Crippen LogP contribution in [0.25, 0.3) is 0 Å². The quantitative estimate of drug-likeness (QED) is 0.794. The minimum Gasteiger partial charge on any atom is -0.329 e. The van der Waals surface area contributed by atoms with Gasteiger partial charge in [-0.15, -0.1) is 0 Å². The van der Waals surface area contributed by atoms with Gasteiger partial charge in [0.1, 0.15) is 5.82 Å². The van der Waals surface area contributed by atoms with Gasteiger partial charge in [-0.05, 0) is 41.8 Å². The first kappa shape index (κ1) is 13.6. The fraction of sp³-hybridized carbons (Fsp3) is 0.188. The molecule has 0 bridgehead atoms. The second-order valence-corrected chi connectivity index (χ2v) is 5.15. The lowest BCUT2D eigenvalue weighted by Crippen LogP contribution is -2.40. The van der Waals surface area contributed by atoms with Gasteiger partial charge in [-0.1, -0.05) is 24.3 Å². The third-order valence-electron chi connectivity index (χ3n) is 3.66. The van der Waals surface area contributed by atoms with Crippen LogP contribution in [0.4, 0.5) is 14.9 Å². The smallest absolute Gasteiger partial charge is 0.319 e. The maximum atomic E-state index is 12.8. The number of nitrogens with two attached hydrogens (primary N) is 1. The molecular formula is C16H16FN3O. The van der Waals surface area contributed by atoms with Crippen LogP contribution in [0.15, 0.2) is 48.5 Å². The molecule has 2 unspecified atom stereocenters. The summed E-state index contributed by atoms with van der Waals surface area (Å²) in [6, 6.07) is 12.8. The summed E-state index contributed by atoms with van der Waals surface area (Å²) in [5, 5.41) is 5.55. The van der Waals surface area contributed by atoms with Crippen LogP contribution in [0.5, 0.6) is 0 Å². The van der Waals surface area contributed by atoms with Crippen molar-refractivity contribution in [2.75, 3.05) is 5.32 Å². The number of carbonyl (C=O) groups excluding carboxylic acids is 1. The topological polar surface area (TPSA) is 67.1 Å². The highest BCUT2D eigenvalue weighted by atomic mass is 19.1. The number of amides is 2. The third kappa shape index (κ3) is 2.87. The SMILES string of the molecule is NC1Cc2ccccc2C1NC(=O)Nc1ccc(F)cc1. The van der Waals surface area contributed by atoms with Crippen LogP contribution in [0.2, 0.25) is 0 Å². The molecule has 0 saturated heterocycles. The summed E-state index contributed by atoms with van der Waals surface area (Å²) in [6.45, 7) is 0. The molecule has 2 aromatic rings. The van der Waals surface area contributed by atoms with Crippen molar-refractivity contribution in [1.82, 2.24) is 5.32 Å². The molecule has 5 heteroatoms. The fourth-order valence-corrected chi connectivity index (χ4v) is 2.65. The van der Waals surface area contributed by atoms with Gasteiger partial charge in [0.2, 0.25) is 0 Å². The summed E-state index contributed by atoms with van der Waals surface area (Å²) in [5.74, 6) is -0.340. The molecule has 0 spiro atoms. The van der Waals surface area contributed by atoms with Crippen molar-refractivity contribution < 1.29 is 9.18 Å². The summed E-state index contributed by atoms with van der Waals surface area (Å²) < 4.78 is 12.8. The predicted octanol–water partition coefficient (Wildman–Crippen LogP) is 2.57. The maximum absolute atomic E-state index is 12.8. The first-order valence-corrected chi connectivity index (χ1v) is 6.80. The Balaban J connectivity index is 1.69. The lowest BCUT2D eigenvalue weighted by atomic mass is 10.1. The average Bonchev–Trinajstić information content (AvgIpc) is 2.78. The summed E-state index contributed by atoms with van der Waals surface area (Å²) in [6.07, 6.45) is 0.748. The van der Waals surface area contributed by atoms with E-state index in [4.69, 9.17) is 5.73 Å². The van der Waals surface area contributed by atoms with E-state index in [2.05, 4.69) is 10.6 Å². The molecule has 2 amide bonds. The van der Waals surface area contributed by atoms with Gasteiger partial charge in [0.15, 0.2) is 0 Å². The molecule has 0 saturated carbocycles. The Morgan fingerprint density at radius 3 is 2.62 bits per heavy atom. The van der Waals surface area contributed by atoms with Crippen LogP contribution < -0.4 is 16.4 Å². The van der Waals surface area contributed by atoms with Gasteiger partial charge in [0.05, 0.1) is 6.04 Å². The Bertz CT molecular complexity index is 657. The Kier molecular flexibility index (Phi) is 3.58. The van der Waals surface area contributed by atoms with Crippen LogP contribution in [0.1, 0.15) is 17.2 Å². The number of hydrogen-bond donors (Lipinski definition) is 3. The Morgan fingerprint density at radius 1 is 1.14 bits per heavy atom. The van der Waals surface area contributed by atoms with Crippen molar-refractivity contribution in [2.45, 2.75) is 18.5 Å².